The second-order valence-corrected chi connectivity index (χ2v) is 6.65. The molecule has 0 aliphatic carbocycles. The van der Waals surface area contributed by atoms with Crippen molar-refractivity contribution in [1.29, 1.82) is 0 Å². The zero-order valence-electron chi connectivity index (χ0n) is 15.9. The minimum atomic E-state index is -0.992. The van der Waals surface area contributed by atoms with Gasteiger partial charge in [0.1, 0.15) is 29.1 Å². The van der Waals surface area contributed by atoms with Crippen LogP contribution in [0.1, 0.15) is 22.9 Å². The average molecular weight is 408 g/mol. The Kier molecular flexibility index (Phi) is 5.05. The van der Waals surface area contributed by atoms with Gasteiger partial charge in [0.15, 0.2) is 0 Å². The fourth-order valence-corrected chi connectivity index (χ4v) is 3.48. The molecular weight excluding hydrogens is 391 g/mol. The van der Waals surface area contributed by atoms with E-state index in [0.717, 1.165) is 6.07 Å². The molecule has 8 heteroatoms. The van der Waals surface area contributed by atoms with Gasteiger partial charge < -0.3 is 19.2 Å². The summed E-state index contributed by atoms with van der Waals surface area (Å²) in [5.74, 6) is -2.43. The second-order valence-electron chi connectivity index (χ2n) is 6.65. The van der Waals surface area contributed by atoms with Crippen molar-refractivity contribution in [2.75, 3.05) is 7.11 Å². The lowest BCUT2D eigenvalue weighted by molar-refractivity contribution is -0.140. The number of likely N-dealkylation sites (tertiary alicyclic amines) is 1. The number of nitrogens with zero attached hydrogens (tertiary/aromatic N) is 2. The van der Waals surface area contributed by atoms with E-state index in [4.69, 9.17) is 9.15 Å². The Morgan fingerprint density at radius 1 is 1.27 bits per heavy atom. The lowest BCUT2D eigenvalue weighted by Gasteiger charge is -2.23. The highest BCUT2D eigenvalue weighted by molar-refractivity contribution is 6.46. The largest absolute Gasteiger partial charge is 0.507 e. The molecule has 1 aromatic carbocycles. The van der Waals surface area contributed by atoms with E-state index in [0.29, 0.717) is 5.56 Å². The molecule has 0 saturated carbocycles. The highest BCUT2D eigenvalue weighted by atomic mass is 19.1. The van der Waals surface area contributed by atoms with Crippen LogP contribution in [0.4, 0.5) is 4.39 Å². The average Bonchev–Trinajstić information content (AvgIpc) is 3.37. The molecule has 1 amide bonds. The summed E-state index contributed by atoms with van der Waals surface area (Å²) in [5.41, 5.74) is 0.454. The lowest BCUT2D eigenvalue weighted by atomic mass is 9.98. The van der Waals surface area contributed by atoms with Gasteiger partial charge in [-0.3, -0.25) is 14.6 Å². The van der Waals surface area contributed by atoms with Crippen molar-refractivity contribution < 1.29 is 28.2 Å². The van der Waals surface area contributed by atoms with Crippen molar-refractivity contribution in [3.63, 3.8) is 0 Å². The van der Waals surface area contributed by atoms with E-state index in [9.17, 15) is 19.1 Å². The van der Waals surface area contributed by atoms with Crippen LogP contribution in [0.3, 0.4) is 0 Å². The van der Waals surface area contributed by atoms with E-state index in [1.165, 1.54) is 30.4 Å². The molecule has 0 spiro atoms. The molecule has 30 heavy (non-hydrogen) atoms. The molecule has 2 aromatic heterocycles. The van der Waals surface area contributed by atoms with Gasteiger partial charge in [-0.15, -0.1) is 0 Å². The third kappa shape index (κ3) is 3.32. The third-order valence-electron chi connectivity index (χ3n) is 4.84. The van der Waals surface area contributed by atoms with E-state index in [2.05, 4.69) is 4.98 Å². The molecule has 7 nitrogen and oxygen atoms in total. The molecule has 152 valence electrons. The van der Waals surface area contributed by atoms with Crippen LogP contribution < -0.4 is 4.74 Å². The van der Waals surface area contributed by atoms with Gasteiger partial charge >= 0.3 is 0 Å². The fourth-order valence-electron chi connectivity index (χ4n) is 3.48. The number of hydrogen-bond donors (Lipinski definition) is 1. The first-order chi connectivity index (χ1) is 14.5. The van der Waals surface area contributed by atoms with Gasteiger partial charge in [0, 0.05) is 18.9 Å². The van der Waals surface area contributed by atoms with E-state index < -0.39 is 29.3 Å². The zero-order valence-corrected chi connectivity index (χ0v) is 15.9. The number of Topliss-reactive ketones (excluding diaryl/α,β-unsaturated/α-hetero) is 1. The number of ether oxygens (including phenoxy) is 1. The molecule has 0 unspecified atom stereocenters. The smallest absolute Gasteiger partial charge is 0.296 e. The van der Waals surface area contributed by atoms with E-state index >= 15 is 0 Å². The number of ketones is 1. The van der Waals surface area contributed by atoms with Gasteiger partial charge in [-0.2, -0.15) is 0 Å². The number of benzene rings is 1. The number of aromatic nitrogens is 1. The van der Waals surface area contributed by atoms with Crippen LogP contribution >= 0.6 is 0 Å². The Morgan fingerprint density at radius 3 is 2.77 bits per heavy atom. The van der Waals surface area contributed by atoms with Crippen molar-refractivity contribution in [3.05, 3.63) is 89.4 Å². The van der Waals surface area contributed by atoms with Crippen LogP contribution in [0.25, 0.3) is 5.76 Å². The number of carbonyl (C=O) groups is 2. The van der Waals surface area contributed by atoms with Crippen LogP contribution in [-0.2, 0) is 16.1 Å². The molecule has 4 rings (SSSR count). The number of aliphatic hydroxyl groups is 1. The molecule has 3 heterocycles. The predicted molar refractivity (Wildman–Crippen MR) is 104 cm³/mol. The first-order valence-corrected chi connectivity index (χ1v) is 9.06. The first kappa shape index (κ1) is 19.4. The van der Waals surface area contributed by atoms with Crippen LogP contribution in [0.15, 0.2) is 71.1 Å². The summed E-state index contributed by atoms with van der Waals surface area (Å²) >= 11 is 0. The zero-order chi connectivity index (χ0) is 21.3. The summed E-state index contributed by atoms with van der Waals surface area (Å²) in [7, 11) is 1.36. The molecule has 1 saturated heterocycles. The van der Waals surface area contributed by atoms with Crippen LogP contribution in [-0.4, -0.2) is 33.8 Å². The van der Waals surface area contributed by atoms with Crippen LogP contribution in [0.2, 0.25) is 0 Å². The maximum Gasteiger partial charge on any atom is 0.296 e. The number of carbonyl (C=O) groups excluding carboxylic acids is 2. The number of furan rings is 1. The maximum atomic E-state index is 13.9. The number of hydrogen-bond acceptors (Lipinski definition) is 6. The third-order valence-corrected chi connectivity index (χ3v) is 4.84. The molecule has 1 aliphatic rings. The van der Waals surface area contributed by atoms with Crippen molar-refractivity contribution in [1.82, 2.24) is 9.88 Å². The Hall–Kier alpha value is -3.94. The number of rotatable bonds is 5. The number of methoxy groups -OCH3 is 1. The molecule has 1 N–H and O–H groups in total. The highest BCUT2D eigenvalue weighted by Gasteiger charge is 2.47. The molecule has 1 fully saturated rings. The normalized spacial score (nSPS) is 18.1. The summed E-state index contributed by atoms with van der Waals surface area (Å²) in [6.45, 7) is 0.0703. The minimum Gasteiger partial charge on any atom is -0.507 e. The SMILES string of the molecule is COc1ccc(F)cc1/C(O)=C1\C(=O)C(=O)N(Cc2cccnc2)[C@@H]1c1ccco1. The highest BCUT2D eigenvalue weighted by Crippen LogP contribution is 2.41. The summed E-state index contributed by atoms with van der Waals surface area (Å²) < 4.78 is 24.5. The quantitative estimate of drug-likeness (QED) is 0.395. The maximum absolute atomic E-state index is 13.9. The van der Waals surface area contributed by atoms with Crippen molar-refractivity contribution in [2.24, 2.45) is 0 Å². The molecular formula is C22H17FN2O5. The van der Waals surface area contributed by atoms with Gasteiger partial charge in [0.05, 0.1) is 24.5 Å². The van der Waals surface area contributed by atoms with E-state index in [1.807, 2.05) is 0 Å². The molecule has 1 aliphatic heterocycles. The van der Waals surface area contributed by atoms with Crippen molar-refractivity contribution in [2.45, 2.75) is 12.6 Å². The van der Waals surface area contributed by atoms with Gasteiger partial charge in [0.2, 0.25) is 0 Å². The molecule has 1 atom stereocenters. The monoisotopic (exact) mass is 408 g/mol. The van der Waals surface area contributed by atoms with Gasteiger partial charge in [-0.05, 0) is 42.0 Å². The summed E-state index contributed by atoms with van der Waals surface area (Å²) in [6, 6.07) is 9.24. The Balaban J connectivity index is 1.88. The van der Waals surface area contributed by atoms with E-state index in [-0.39, 0.29) is 29.2 Å². The van der Waals surface area contributed by atoms with E-state index in [1.54, 1.807) is 36.7 Å². The number of amides is 1. The Bertz CT molecular complexity index is 1130. The Morgan fingerprint density at radius 2 is 2.10 bits per heavy atom. The number of aliphatic hydroxyl groups excluding tert-OH is 1. The minimum absolute atomic E-state index is 0.0339. The fraction of sp³-hybridized carbons (Fsp3) is 0.136. The summed E-state index contributed by atoms with van der Waals surface area (Å²) in [4.78, 5) is 31.1. The lowest BCUT2D eigenvalue weighted by Crippen LogP contribution is -2.29. The van der Waals surface area contributed by atoms with Gasteiger partial charge in [0.25, 0.3) is 11.7 Å². The van der Waals surface area contributed by atoms with Crippen LogP contribution in [0, 0.1) is 5.82 Å². The topological polar surface area (TPSA) is 92.9 Å². The second kappa shape index (κ2) is 7.82. The van der Waals surface area contributed by atoms with Crippen LogP contribution in [0.5, 0.6) is 5.75 Å². The summed E-state index contributed by atoms with van der Waals surface area (Å²) in [5, 5.41) is 11.0. The number of pyridine rings is 1. The summed E-state index contributed by atoms with van der Waals surface area (Å²) in [6.07, 6.45) is 4.58. The molecule has 0 bridgehead atoms. The number of halogens is 1. The molecule has 3 aromatic rings. The predicted octanol–water partition coefficient (Wildman–Crippen LogP) is 3.44. The van der Waals surface area contributed by atoms with Crippen molar-refractivity contribution >= 4 is 17.4 Å². The van der Waals surface area contributed by atoms with Gasteiger partial charge in [-0.25, -0.2) is 4.39 Å². The Labute approximate surface area is 171 Å². The molecule has 0 radical (unpaired) electrons. The van der Waals surface area contributed by atoms with Crippen molar-refractivity contribution in [3.8, 4) is 5.75 Å². The van der Waals surface area contributed by atoms with Gasteiger partial charge in [-0.1, -0.05) is 6.07 Å². The first-order valence-electron chi connectivity index (χ1n) is 9.06. The standard InChI is InChI=1S/C22H17FN2O5/c1-29-16-7-6-14(23)10-15(16)20(26)18-19(17-5-3-9-30-17)25(22(28)21(18)27)12-13-4-2-8-24-11-13/h2-11,19,26H,12H2,1H3/b20-18+/t19-/m1/s1.